The molecule has 5 nitrogen and oxygen atoms in total. The summed E-state index contributed by atoms with van der Waals surface area (Å²) in [5, 5.41) is 2.00. The molecule has 0 bridgehead atoms. The Morgan fingerprint density at radius 3 is 2.54 bits per heavy atom. The Hall–Kier alpha value is -1.89. The standard InChI is InChI=1S/C21H25ClN2O3S/c22-12-20(25)24(14-18-8-4-10-27-18)16-21(26)23(15-19-9-5-11-28-19)13-17-6-2-1-3-7-17/h1-3,5-7,9,11,18H,4,8,10,12-16H2/t18-/m0/s1. The quantitative estimate of drug-likeness (QED) is 0.583. The SMILES string of the molecule is O=C(CN(C[C@@H]1CCCO1)C(=O)CCl)N(Cc1ccccc1)Cc1cccs1. The normalized spacial score (nSPS) is 16.1. The van der Waals surface area contributed by atoms with Gasteiger partial charge in [0.2, 0.25) is 11.8 Å². The lowest BCUT2D eigenvalue weighted by atomic mass is 10.2. The zero-order valence-electron chi connectivity index (χ0n) is 15.8. The summed E-state index contributed by atoms with van der Waals surface area (Å²) in [6, 6.07) is 13.9. The summed E-state index contributed by atoms with van der Waals surface area (Å²) in [5.74, 6) is -0.459. The first kappa shape index (κ1) is 20.8. The summed E-state index contributed by atoms with van der Waals surface area (Å²) in [4.78, 5) is 29.9. The molecular formula is C21H25ClN2O3S. The van der Waals surface area contributed by atoms with Gasteiger partial charge in [0.15, 0.2) is 0 Å². The van der Waals surface area contributed by atoms with Gasteiger partial charge in [0.05, 0.1) is 19.2 Å². The van der Waals surface area contributed by atoms with Crippen molar-refractivity contribution >= 4 is 34.8 Å². The van der Waals surface area contributed by atoms with Crippen molar-refractivity contribution in [3.8, 4) is 0 Å². The maximum absolute atomic E-state index is 13.1. The highest BCUT2D eigenvalue weighted by Crippen LogP contribution is 2.17. The molecule has 7 heteroatoms. The van der Waals surface area contributed by atoms with E-state index < -0.39 is 0 Å². The molecule has 1 fully saturated rings. The van der Waals surface area contributed by atoms with Crippen LogP contribution in [0.25, 0.3) is 0 Å². The summed E-state index contributed by atoms with van der Waals surface area (Å²) >= 11 is 7.40. The predicted molar refractivity (Wildman–Crippen MR) is 111 cm³/mol. The van der Waals surface area contributed by atoms with Gasteiger partial charge in [-0.3, -0.25) is 9.59 Å². The topological polar surface area (TPSA) is 49.9 Å². The van der Waals surface area contributed by atoms with Crippen molar-refractivity contribution in [3.05, 3.63) is 58.3 Å². The lowest BCUT2D eigenvalue weighted by molar-refractivity contribution is -0.141. The minimum atomic E-state index is -0.235. The van der Waals surface area contributed by atoms with Crippen molar-refractivity contribution in [2.45, 2.75) is 32.0 Å². The summed E-state index contributed by atoms with van der Waals surface area (Å²) < 4.78 is 5.64. The molecule has 3 rings (SSSR count). The van der Waals surface area contributed by atoms with E-state index in [2.05, 4.69) is 0 Å². The van der Waals surface area contributed by atoms with Gasteiger partial charge in [-0.25, -0.2) is 0 Å². The Kier molecular flexibility index (Phi) is 7.89. The highest BCUT2D eigenvalue weighted by atomic mass is 35.5. The zero-order chi connectivity index (χ0) is 19.8. The molecule has 0 spiro atoms. The van der Waals surface area contributed by atoms with Gasteiger partial charge in [0, 0.05) is 24.6 Å². The second-order valence-electron chi connectivity index (χ2n) is 6.86. The monoisotopic (exact) mass is 420 g/mol. The number of hydrogen-bond acceptors (Lipinski definition) is 4. The van der Waals surface area contributed by atoms with E-state index in [0.29, 0.717) is 26.2 Å². The first-order chi connectivity index (χ1) is 13.7. The van der Waals surface area contributed by atoms with E-state index in [-0.39, 0.29) is 30.3 Å². The second kappa shape index (κ2) is 10.6. The molecule has 1 saturated heterocycles. The summed E-state index contributed by atoms with van der Waals surface area (Å²) in [6.07, 6.45) is 1.88. The molecule has 2 heterocycles. The van der Waals surface area contributed by atoms with E-state index in [0.717, 1.165) is 23.3 Å². The molecule has 0 N–H and O–H groups in total. The van der Waals surface area contributed by atoms with Crippen molar-refractivity contribution < 1.29 is 14.3 Å². The van der Waals surface area contributed by atoms with Crippen LogP contribution in [0.15, 0.2) is 47.8 Å². The van der Waals surface area contributed by atoms with Gasteiger partial charge in [-0.05, 0) is 29.9 Å². The van der Waals surface area contributed by atoms with Crippen molar-refractivity contribution in [2.75, 3.05) is 25.6 Å². The molecule has 0 saturated carbocycles. The summed E-state index contributed by atoms with van der Waals surface area (Å²) in [5.41, 5.74) is 1.06. The fourth-order valence-electron chi connectivity index (χ4n) is 3.26. The fraction of sp³-hybridized carbons (Fsp3) is 0.429. The van der Waals surface area contributed by atoms with Gasteiger partial charge in [-0.2, -0.15) is 0 Å². The number of nitrogens with zero attached hydrogens (tertiary/aromatic N) is 2. The van der Waals surface area contributed by atoms with Gasteiger partial charge < -0.3 is 14.5 Å². The molecule has 1 aromatic carbocycles. The van der Waals surface area contributed by atoms with Crippen LogP contribution in [0.4, 0.5) is 0 Å². The van der Waals surface area contributed by atoms with Crippen molar-refractivity contribution in [1.82, 2.24) is 9.80 Å². The minimum Gasteiger partial charge on any atom is -0.376 e. The first-order valence-electron chi connectivity index (χ1n) is 9.45. The summed E-state index contributed by atoms with van der Waals surface area (Å²) in [6.45, 7) is 2.16. The number of rotatable bonds is 9. The average molecular weight is 421 g/mol. The molecule has 1 atom stereocenters. The molecule has 1 aliphatic rings. The van der Waals surface area contributed by atoms with E-state index in [1.807, 2.05) is 47.8 Å². The number of halogens is 1. The number of ether oxygens (including phenoxy) is 1. The molecule has 2 aromatic rings. The van der Waals surface area contributed by atoms with Crippen molar-refractivity contribution in [2.24, 2.45) is 0 Å². The molecule has 1 aliphatic heterocycles. The van der Waals surface area contributed by atoms with Crippen LogP contribution in [-0.4, -0.2) is 53.3 Å². The molecule has 150 valence electrons. The molecule has 0 aliphatic carbocycles. The van der Waals surface area contributed by atoms with Crippen LogP contribution in [0.1, 0.15) is 23.3 Å². The Morgan fingerprint density at radius 1 is 1.07 bits per heavy atom. The number of alkyl halides is 1. The second-order valence-corrected chi connectivity index (χ2v) is 8.16. The van der Waals surface area contributed by atoms with E-state index in [9.17, 15) is 9.59 Å². The largest absolute Gasteiger partial charge is 0.376 e. The lowest BCUT2D eigenvalue weighted by Gasteiger charge is -2.28. The van der Waals surface area contributed by atoms with E-state index >= 15 is 0 Å². The van der Waals surface area contributed by atoms with Crippen LogP contribution in [0, 0.1) is 0 Å². The zero-order valence-corrected chi connectivity index (χ0v) is 17.3. The number of carbonyl (C=O) groups is 2. The maximum atomic E-state index is 13.1. The smallest absolute Gasteiger partial charge is 0.242 e. The van der Waals surface area contributed by atoms with Gasteiger partial charge in [-0.15, -0.1) is 22.9 Å². The number of benzene rings is 1. The van der Waals surface area contributed by atoms with Gasteiger partial charge >= 0.3 is 0 Å². The molecule has 0 radical (unpaired) electrons. The number of hydrogen-bond donors (Lipinski definition) is 0. The third kappa shape index (κ3) is 6.06. The third-order valence-electron chi connectivity index (χ3n) is 4.74. The number of thiophene rings is 1. The van der Waals surface area contributed by atoms with E-state index in [1.54, 1.807) is 16.2 Å². The molecule has 1 aromatic heterocycles. The van der Waals surface area contributed by atoms with Crippen molar-refractivity contribution in [3.63, 3.8) is 0 Å². The third-order valence-corrected chi connectivity index (χ3v) is 5.83. The molecule has 0 unspecified atom stereocenters. The Balaban J connectivity index is 1.70. The highest BCUT2D eigenvalue weighted by molar-refractivity contribution is 7.09. The highest BCUT2D eigenvalue weighted by Gasteiger charge is 2.26. The molecule has 28 heavy (non-hydrogen) atoms. The predicted octanol–water partition coefficient (Wildman–Crippen LogP) is 3.52. The van der Waals surface area contributed by atoms with Crippen LogP contribution < -0.4 is 0 Å². The minimum absolute atomic E-state index is 0.0140. The molecule has 2 amide bonds. The molecular weight excluding hydrogens is 396 g/mol. The number of carbonyl (C=O) groups excluding carboxylic acids is 2. The van der Waals surface area contributed by atoms with Crippen LogP contribution in [0.2, 0.25) is 0 Å². The Labute approximate surface area is 174 Å². The van der Waals surface area contributed by atoms with Crippen LogP contribution >= 0.6 is 22.9 Å². The van der Waals surface area contributed by atoms with E-state index in [4.69, 9.17) is 16.3 Å². The first-order valence-corrected chi connectivity index (χ1v) is 10.9. The lowest BCUT2D eigenvalue weighted by Crippen LogP contribution is -2.45. The maximum Gasteiger partial charge on any atom is 0.242 e. The van der Waals surface area contributed by atoms with Crippen molar-refractivity contribution in [1.29, 1.82) is 0 Å². The van der Waals surface area contributed by atoms with Gasteiger partial charge in [0.1, 0.15) is 5.88 Å². The van der Waals surface area contributed by atoms with Crippen LogP contribution in [0.5, 0.6) is 0 Å². The average Bonchev–Trinajstić information content (AvgIpc) is 3.41. The van der Waals surface area contributed by atoms with Gasteiger partial charge in [-0.1, -0.05) is 36.4 Å². The Bertz CT molecular complexity index is 748. The Morgan fingerprint density at radius 2 is 1.89 bits per heavy atom. The van der Waals surface area contributed by atoms with Gasteiger partial charge in [0.25, 0.3) is 0 Å². The number of amides is 2. The fourth-order valence-corrected chi connectivity index (χ4v) is 4.15. The summed E-state index contributed by atoms with van der Waals surface area (Å²) in [7, 11) is 0. The van der Waals surface area contributed by atoms with E-state index in [1.165, 1.54) is 4.90 Å². The van der Waals surface area contributed by atoms with Crippen LogP contribution in [0.3, 0.4) is 0 Å². The van der Waals surface area contributed by atoms with Crippen LogP contribution in [-0.2, 0) is 27.4 Å².